The van der Waals surface area contributed by atoms with Gasteiger partial charge in [0.1, 0.15) is 5.75 Å². The molecule has 1 saturated heterocycles. The van der Waals surface area contributed by atoms with Gasteiger partial charge in [0.05, 0.1) is 42.2 Å². The normalized spacial score (nSPS) is 15.5. The zero-order chi connectivity index (χ0) is 22.7. The standard InChI is InChI=1S/C23H22N2O7/c1-2-31-17-6-4-16(5-7-17)25-21(27)18-8-3-15(13-19(18)22(25)28)23(29)32-14-20(26)24-9-11-30-12-10-24/h3-8,13H,2,9-12,14H2,1H3. The molecule has 0 unspecified atom stereocenters. The van der Waals surface area contributed by atoms with Crippen LogP contribution in [-0.2, 0) is 14.3 Å². The van der Waals surface area contributed by atoms with E-state index in [-0.39, 0.29) is 22.6 Å². The number of anilines is 1. The number of morpholine rings is 1. The highest BCUT2D eigenvalue weighted by molar-refractivity contribution is 6.34. The summed E-state index contributed by atoms with van der Waals surface area (Å²) >= 11 is 0. The lowest BCUT2D eigenvalue weighted by Crippen LogP contribution is -2.42. The number of carbonyl (C=O) groups excluding carboxylic acids is 4. The van der Waals surface area contributed by atoms with E-state index in [1.165, 1.54) is 18.2 Å². The highest BCUT2D eigenvalue weighted by Gasteiger charge is 2.37. The summed E-state index contributed by atoms with van der Waals surface area (Å²) in [5.74, 6) is -1.43. The molecule has 0 bridgehead atoms. The minimum atomic E-state index is -0.742. The van der Waals surface area contributed by atoms with Gasteiger partial charge in [-0.05, 0) is 49.4 Å². The van der Waals surface area contributed by atoms with Crippen LogP contribution in [0.4, 0.5) is 5.69 Å². The number of carbonyl (C=O) groups is 4. The molecule has 0 spiro atoms. The van der Waals surface area contributed by atoms with E-state index in [1.54, 1.807) is 29.2 Å². The van der Waals surface area contributed by atoms with Gasteiger partial charge in [-0.1, -0.05) is 0 Å². The van der Waals surface area contributed by atoms with Crippen molar-refractivity contribution in [2.75, 3.05) is 44.4 Å². The van der Waals surface area contributed by atoms with E-state index < -0.39 is 24.4 Å². The van der Waals surface area contributed by atoms with E-state index in [9.17, 15) is 19.2 Å². The average Bonchev–Trinajstić information content (AvgIpc) is 3.08. The number of imide groups is 1. The fourth-order valence-corrected chi connectivity index (χ4v) is 3.58. The van der Waals surface area contributed by atoms with E-state index >= 15 is 0 Å². The van der Waals surface area contributed by atoms with Crippen LogP contribution in [0, 0.1) is 0 Å². The minimum Gasteiger partial charge on any atom is -0.494 e. The highest BCUT2D eigenvalue weighted by atomic mass is 16.5. The summed E-state index contributed by atoms with van der Waals surface area (Å²) in [5.41, 5.74) is 0.802. The number of esters is 1. The van der Waals surface area contributed by atoms with Crippen molar-refractivity contribution < 1.29 is 33.4 Å². The topological polar surface area (TPSA) is 102 Å². The molecule has 2 aliphatic heterocycles. The van der Waals surface area contributed by atoms with Gasteiger partial charge in [-0.3, -0.25) is 14.4 Å². The van der Waals surface area contributed by atoms with Crippen molar-refractivity contribution >= 4 is 29.4 Å². The molecule has 166 valence electrons. The first-order valence-corrected chi connectivity index (χ1v) is 10.3. The number of benzene rings is 2. The summed E-state index contributed by atoms with van der Waals surface area (Å²) in [5, 5.41) is 0. The van der Waals surface area contributed by atoms with Crippen LogP contribution in [0.5, 0.6) is 5.75 Å². The van der Waals surface area contributed by atoms with Crippen LogP contribution in [-0.4, -0.2) is 68.1 Å². The molecule has 1 fully saturated rings. The SMILES string of the molecule is CCOc1ccc(N2C(=O)c3ccc(C(=O)OCC(=O)N4CCOCC4)cc3C2=O)cc1. The van der Waals surface area contributed by atoms with E-state index in [0.29, 0.717) is 44.3 Å². The fraction of sp³-hybridized carbons (Fsp3) is 0.304. The number of fused-ring (bicyclic) bond motifs is 1. The van der Waals surface area contributed by atoms with Gasteiger partial charge in [0.15, 0.2) is 6.61 Å². The molecule has 4 rings (SSSR count). The molecule has 0 aromatic heterocycles. The van der Waals surface area contributed by atoms with Crippen molar-refractivity contribution in [1.82, 2.24) is 4.90 Å². The second-order valence-electron chi connectivity index (χ2n) is 7.20. The largest absolute Gasteiger partial charge is 0.494 e. The van der Waals surface area contributed by atoms with Crippen LogP contribution in [0.15, 0.2) is 42.5 Å². The number of hydrogen-bond donors (Lipinski definition) is 0. The van der Waals surface area contributed by atoms with Crippen LogP contribution >= 0.6 is 0 Å². The third-order valence-corrected chi connectivity index (χ3v) is 5.22. The first-order chi connectivity index (χ1) is 15.5. The number of rotatable bonds is 6. The fourth-order valence-electron chi connectivity index (χ4n) is 3.58. The van der Waals surface area contributed by atoms with Crippen molar-refractivity contribution in [3.63, 3.8) is 0 Å². The summed E-state index contributed by atoms with van der Waals surface area (Å²) in [7, 11) is 0. The summed E-state index contributed by atoms with van der Waals surface area (Å²) in [6.45, 7) is 3.76. The molecule has 2 heterocycles. The quantitative estimate of drug-likeness (QED) is 0.501. The average molecular weight is 438 g/mol. The Bertz CT molecular complexity index is 1060. The maximum Gasteiger partial charge on any atom is 0.338 e. The maximum atomic E-state index is 12.9. The maximum absolute atomic E-state index is 12.9. The van der Waals surface area contributed by atoms with Crippen LogP contribution in [0.1, 0.15) is 38.0 Å². The predicted molar refractivity (Wildman–Crippen MR) is 113 cm³/mol. The van der Waals surface area contributed by atoms with Gasteiger partial charge in [0.25, 0.3) is 17.7 Å². The van der Waals surface area contributed by atoms with Crippen molar-refractivity contribution in [3.05, 3.63) is 59.2 Å². The van der Waals surface area contributed by atoms with Gasteiger partial charge < -0.3 is 19.1 Å². The van der Waals surface area contributed by atoms with Gasteiger partial charge in [0.2, 0.25) is 0 Å². The third-order valence-electron chi connectivity index (χ3n) is 5.22. The molecule has 9 heteroatoms. The Balaban J connectivity index is 1.46. The van der Waals surface area contributed by atoms with Gasteiger partial charge in [-0.15, -0.1) is 0 Å². The van der Waals surface area contributed by atoms with E-state index in [0.717, 1.165) is 4.90 Å². The highest BCUT2D eigenvalue weighted by Crippen LogP contribution is 2.30. The first kappa shape index (κ1) is 21.5. The summed E-state index contributed by atoms with van der Waals surface area (Å²) in [4.78, 5) is 52.9. The molecule has 9 nitrogen and oxygen atoms in total. The van der Waals surface area contributed by atoms with Crippen molar-refractivity contribution in [3.8, 4) is 5.75 Å². The van der Waals surface area contributed by atoms with E-state index in [2.05, 4.69) is 0 Å². The Morgan fingerprint density at radius 3 is 2.34 bits per heavy atom. The molecule has 32 heavy (non-hydrogen) atoms. The molecular formula is C23H22N2O7. The van der Waals surface area contributed by atoms with Gasteiger partial charge in [-0.25, -0.2) is 9.69 Å². The summed E-state index contributed by atoms with van der Waals surface area (Å²) < 4.78 is 15.7. The Labute approximate surface area is 184 Å². The number of amides is 3. The molecule has 0 radical (unpaired) electrons. The molecule has 2 aromatic carbocycles. The molecule has 3 amide bonds. The zero-order valence-corrected chi connectivity index (χ0v) is 17.5. The third kappa shape index (κ3) is 4.19. The van der Waals surface area contributed by atoms with Crippen LogP contribution in [0.3, 0.4) is 0 Å². The van der Waals surface area contributed by atoms with Gasteiger partial charge in [0, 0.05) is 13.1 Å². The van der Waals surface area contributed by atoms with Crippen molar-refractivity contribution in [2.45, 2.75) is 6.92 Å². The minimum absolute atomic E-state index is 0.0909. The lowest BCUT2D eigenvalue weighted by molar-refractivity contribution is -0.138. The molecular weight excluding hydrogens is 416 g/mol. The molecule has 0 saturated carbocycles. The van der Waals surface area contributed by atoms with E-state index in [4.69, 9.17) is 14.2 Å². The molecule has 0 atom stereocenters. The number of hydrogen-bond acceptors (Lipinski definition) is 7. The Hall–Kier alpha value is -3.72. The zero-order valence-electron chi connectivity index (χ0n) is 17.5. The van der Waals surface area contributed by atoms with Crippen molar-refractivity contribution in [1.29, 1.82) is 0 Å². The van der Waals surface area contributed by atoms with Crippen LogP contribution < -0.4 is 9.64 Å². The second-order valence-corrected chi connectivity index (χ2v) is 7.20. The smallest absolute Gasteiger partial charge is 0.338 e. The van der Waals surface area contributed by atoms with Crippen LogP contribution in [0.25, 0.3) is 0 Å². The summed E-state index contributed by atoms with van der Waals surface area (Å²) in [6.07, 6.45) is 0. The van der Waals surface area contributed by atoms with Gasteiger partial charge in [-0.2, -0.15) is 0 Å². The predicted octanol–water partition coefficient (Wildman–Crippen LogP) is 1.90. The number of nitrogens with zero attached hydrogens (tertiary/aromatic N) is 2. The molecule has 2 aromatic rings. The Morgan fingerprint density at radius 2 is 1.66 bits per heavy atom. The van der Waals surface area contributed by atoms with E-state index in [1.807, 2.05) is 6.92 Å². The summed E-state index contributed by atoms with van der Waals surface area (Å²) in [6, 6.07) is 10.8. The van der Waals surface area contributed by atoms with Gasteiger partial charge >= 0.3 is 5.97 Å². The Kier molecular flexibility index (Phi) is 6.18. The molecule has 0 N–H and O–H groups in total. The monoisotopic (exact) mass is 438 g/mol. The lowest BCUT2D eigenvalue weighted by Gasteiger charge is -2.26. The lowest BCUT2D eigenvalue weighted by atomic mass is 10.1. The first-order valence-electron chi connectivity index (χ1n) is 10.3. The molecule has 0 aliphatic carbocycles. The number of ether oxygens (including phenoxy) is 3. The van der Waals surface area contributed by atoms with Crippen molar-refractivity contribution in [2.24, 2.45) is 0 Å². The second kappa shape index (κ2) is 9.19. The van der Waals surface area contributed by atoms with Crippen LogP contribution in [0.2, 0.25) is 0 Å². The molecule has 2 aliphatic rings. The Morgan fingerprint density at radius 1 is 0.969 bits per heavy atom.